The fourth-order valence-electron chi connectivity index (χ4n) is 3.67. The Morgan fingerprint density at radius 2 is 1.97 bits per heavy atom. The summed E-state index contributed by atoms with van der Waals surface area (Å²) in [5, 5.41) is 24.1. The summed E-state index contributed by atoms with van der Waals surface area (Å²) < 4.78 is 0. The van der Waals surface area contributed by atoms with E-state index in [4.69, 9.17) is 5.53 Å². The molecule has 0 radical (unpaired) electrons. The molecule has 0 aliphatic carbocycles. The number of hydrogen-bond donors (Lipinski definition) is 4. The predicted molar refractivity (Wildman–Crippen MR) is 115 cm³/mol. The van der Waals surface area contributed by atoms with E-state index in [2.05, 4.69) is 20.6 Å². The summed E-state index contributed by atoms with van der Waals surface area (Å²) in [6.07, 6.45) is 3.31. The second-order valence-corrected chi connectivity index (χ2v) is 7.40. The number of nitrogens with one attached hydrogen (secondary N) is 3. The molecule has 1 fully saturated rings. The van der Waals surface area contributed by atoms with Crippen LogP contribution in [-0.2, 0) is 0 Å². The van der Waals surface area contributed by atoms with E-state index in [0.717, 1.165) is 29.4 Å². The van der Waals surface area contributed by atoms with E-state index >= 15 is 0 Å². The van der Waals surface area contributed by atoms with Crippen molar-refractivity contribution >= 4 is 28.2 Å². The first-order chi connectivity index (χ1) is 14.7. The van der Waals surface area contributed by atoms with Gasteiger partial charge in [-0.2, -0.15) is 10.2 Å². The van der Waals surface area contributed by atoms with Crippen LogP contribution >= 0.6 is 0 Å². The Morgan fingerprint density at radius 1 is 1.23 bits per heavy atom. The van der Waals surface area contributed by atoms with Gasteiger partial charge in [-0.15, -0.1) is 0 Å². The molecule has 1 aliphatic rings. The monoisotopic (exact) mass is 404 g/mol. The molecule has 4 N–H and O–H groups in total. The van der Waals surface area contributed by atoms with Crippen molar-refractivity contribution in [2.75, 3.05) is 25.0 Å². The first-order valence-electron chi connectivity index (χ1n) is 9.97. The number of aromatic nitrogens is 2. The molecule has 1 aromatic heterocycles. The summed E-state index contributed by atoms with van der Waals surface area (Å²) in [7, 11) is 0. The van der Waals surface area contributed by atoms with Crippen LogP contribution in [0.3, 0.4) is 0 Å². The molecule has 1 amide bonds. The third-order valence-electron chi connectivity index (χ3n) is 5.50. The third-order valence-corrected chi connectivity index (χ3v) is 5.50. The number of amides is 1. The highest BCUT2D eigenvalue weighted by Gasteiger charge is 2.23. The summed E-state index contributed by atoms with van der Waals surface area (Å²) in [5.74, 6) is 0.314. The zero-order chi connectivity index (χ0) is 20.9. The highest BCUT2D eigenvalue weighted by Crippen LogP contribution is 2.24. The number of benzene rings is 2. The van der Waals surface area contributed by atoms with Crippen LogP contribution in [0.25, 0.3) is 16.6 Å². The molecule has 0 spiro atoms. The van der Waals surface area contributed by atoms with Crippen LogP contribution < -0.4 is 5.32 Å². The Labute approximate surface area is 174 Å². The summed E-state index contributed by atoms with van der Waals surface area (Å²) in [5.41, 5.74) is 10.8. The van der Waals surface area contributed by atoms with Gasteiger partial charge in [0, 0.05) is 42.5 Å². The number of aliphatic hydroxyl groups excluding tert-OH is 1. The first-order valence-corrected chi connectivity index (χ1v) is 9.97. The number of aromatic amines is 1. The molecule has 0 bridgehead atoms. The number of carbonyl (C=O) groups excluding carboxylic acids is 1. The second-order valence-electron chi connectivity index (χ2n) is 7.40. The molecule has 8 heteroatoms. The molecule has 1 aliphatic heterocycles. The third kappa shape index (κ3) is 4.08. The molecule has 0 atom stereocenters. The smallest absolute Gasteiger partial charge is 0.253 e. The number of rotatable bonds is 6. The van der Waals surface area contributed by atoms with Gasteiger partial charge in [-0.3, -0.25) is 9.89 Å². The molecule has 154 valence electrons. The highest BCUT2D eigenvalue weighted by atomic mass is 16.3. The fraction of sp³-hybridized carbons (Fsp3) is 0.273. The average Bonchev–Trinajstić information content (AvgIpc) is 3.24. The quantitative estimate of drug-likeness (QED) is 0.467. The Balaban J connectivity index is 1.44. The number of nitrogens with zero attached hydrogens (tertiary/aromatic N) is 3. The lowest BCUT2D eigenvalue weighted by molar-refractivity contribution is 0.0651. The van der Waals surface area contributed by atoms with Crippen LogP contribution in [0.5, 0.6) is 0 Å². The lowest BCUT2D eigenvalue weighted by atomic mass is 9.97. The maximum absolute atomic E-state index is 12.7. The van der Waals surface area contributed by atoms with Crippen LogP contribution in [-0.4, -0.2) is 45.8 Å². The molecule has 0 unspecified atom stereocenters. The van der Waals surface area contributed by atoms with E-state index in [1.165, 1.54) is 0 Å². The number of likely N-dealkylation sites (tertiary alicyclic amines) is 1. The Morgan fingerprint density at radius 3 is 2.67 bits per heavy atom. The summed E-state index contributed by atoms with van der Waals surface area (Å²) in [4.78, 5) is 14.5. The van der Waals surface area contributed by atoms with Crippen molar-refractivity contribution in [2.45, 2.75) is 12.8 Å². The molecule has 30 heavy (non-hydrogen) atoms. The van der Waals surface area contributed by atoms with Crippen molar-refractivity contribution in [1.82, 2.24) is 15.1 Å². The zero-order valence-electron chi connectivity index (χ0n) is 16.5. The van der Waals surface area contributed by atoms with E-state index in [1.54, 1.807) is 18.3 Å². The molecule has 8 nitrogen and oxygen atoms in total. The van der Waals surface area contributed by atoms with E-state index in [-0.39, 0.29) is 12.5 Å². The maximum atomic E-state index is 12.7. The minimum Gasteiger partial charge on any atom is -0.396 e. The Bertz CT molecular complexity index is 1060. The first kappa shape index (κ1) is 19.8. The van der Waals surface area contributed by atoms with Crippen LogP contribution in [0, 0.1) is 11.4 Å². The summed E-state index contributed by atoms with van der Waals surface area (Å²) >= 11 is 0. The van der Waals surface area contributed by atoms with Crippen LogP contribution in [0.4, 0.5) is 5.69 Å². The van der Waals surface area contributed by atoms with E-state index < -0.39 is 0 Å². The standard InChI is InChI=1S/C22H24N6O2/c23-25-20(21-18-3-1-2-4-19(18)26-27-21)13-24-17-7-5-16(6-8-17)22(30)28-11-9-15(14-29)10-12-28/h1-8,13,15,23-24,29H,9-12,14H2,(H,26,27)/b20-13-,25-23?. The topological polar surface area (TPSA) is 117 Å². The van der Waals surface area contributed by atoms with Gasteiger partial charge in [0.15, 0.2) is 0 Å². The maximum Gasteiger partial charge on any atom is 0.253 e. The molecular formula is C22H24N6O2. The van der Waals surface area contributed by atoms with Gasteiger partial charge in [-0.05, 0) is 49.1 Å². The number of anilines is 1. The normalized spacial score (nSPS) is 15.4. The van der Waals surface area contributed by atoms with Crippen LogP contribution in [0.15, 0.2) is 59.8 Å². The second kappa shape index (κ2) is 8.87. The van der Waals surface area contributed by atoms with Crippen molar-refractivity contribution in [3.05, 3.63) is 66.0 Å². The number of H-pyrrole nitrogens is 1. The van der Waals surface area contributed by atoms with Gasteiger partial charge < -0.3 is 15.3 Å². The van der Waals surface area contributed by atoms with E-state index in [9.17, 15) is 9.90 Å². The van der Waals surface area contributed by atoms with Gasteiger partial charge in [0.05, 0.1) is 5.52 Å². The van der Waals surface area contributed by atoms with Crippen LogP contribution in [0.1, 0.15) is 28.9 Å². The largest absolute Gasteiger partial charge is 0.396 e. The SMILES string of the molecule is N=N/C(=C\Nc1ccc(C(=O)N2CCC(CO)CC2)cc1)c1n[nH]c2ccccc12. The number of hydrogen-bond acceptors (Lipinski definition) is 6. The van der Waals surface area contributed by atoms with Gasteiger partial charge in [0.1, 0.15) is 11.4 Å². The highest BCUT2D eigenvalue weighted by molar-refractivity contribution is 5.94. The van der Waals surface area contributed by atoms with Crippen LogP contribution in [0.2, 0.25) is 0 Å². The number of fused-ring (bicyclic) bond motifs is 1. The zero-order valence-corrected chi connectivity index (χ0v) is 16.5. The molecule has 2 heterocycles. The minimum absolute atomic E-state index is 0.0123. The molecular weight excluding hydrogens is 380 g/mol. The lowest BCUT2D eigenvalue weighted by Gasteiger charge is -2.31. The van der Waals surface area contributed by atoms with Crippen molar-refractivity contribution in [3.8, 4) is 0 Å². The molecule has 0 saturated carbocycles. The van der Waals surface area contributed by atoms with E-state index in [0.29, 0.717) is 36.0 Å². The van der Waals surface area contributed by atoms with Crippen molar-refractivity contribution in [2.24, 2.45) is 11.0 Å². The van der Waals surface area contributed by atoms with Gasteiger partial charge in [0.25, 0.3) is 5.91 Å². The fourth-order valence-corrected chi connectivity index (χ4v) is 3.67. The number of para-hydroxylation sites is 1. The van der Waals surface area contributed by atoms with Gasteiger partial charge in [0.2, 0.25) is 0 Å². The lowest BCUT2D eigenvalue weighted by Crippen LogP contribution is -2.39. The van der Waals surface area contributed by atoms with Crippen molar-refractivity contribution in [3.63, 3.8) is 0 Å². The number of piperidine rings is 1. The average molecular weight is 404 g/mol. The van der Waals surface area contributed by atoms with Gasteiger partial charge >= 0.3 is 0 Å². The number of aliphatic hydroxyl groups is 1. The predicted octanol–water partition coefficient (Wildman–Crippen LogP) is 3.85. The van der Waals surface area contributed by atoms with Crippen molar-refractivity contribution < 1.29 is 9.90 Å². The Kier molecular flexibility index (Phi) is 5.85. The minimum atomic E-state index is 0.0123. The van der Waals surface area contributed by atoms with Gasteiger partial charge in [-0.1, -0.05) is 18.2 Å². The number of carbonyl (C=O) groups is 1. The molecule has 2 aromatic carbocycles. The Hall–Kier alpha value is -3.52. The van der Waals surface area contributed by atoms with Gasteiger partial charge in [-0.25, -0.2) is 5.53 Å². The summed E-state index contributed by atoms with van der Waals surface area (Å²) in [6, 6.07) is 14.9. The molecule has 3 aromatic rings. The summed E-state index contributed by atoms with van der Waals surface area (Å²) in [6.45, 7) is 1.55. The van der Waals surface area contributed by atoms with Crippen molar-refractivity contribution in [1.29, 1.82) is 5.53 Å². The molecule has 4 rings (SSSR count). The van der Waals surface area contributed by atoms with E-state index in [1.807, 2.05) is 41.3 Å². The molecule has 1 saturated heterocycles.